The van der Waals surface area contributed by atoms with Crippen molar-refractivity contribution < 1.29 is 17.9 Å². The molecule has 134 valence electrons. The third kappa shape index (κ3) is 4.72. The summed E-state index contributed by atoms with van der Waals surface area (Å²) in [4.78, 5) is 11.3. The van der Waals surface area contributed by atoms with Gasteiger partial charge >= 0.3 is 0 Å². The lowest BCUT2D eigenvalue weighted by atomic mass is 10.1. The SMILES string of the molecule is COc1ccc(S(=O)(=O)N[C@@H](C)c2ccccc2Cl)cc1NC(C)=O. The van der Waals surface area contributed by atoms with E-state index in [0.717, 1.165) is 0 Å². The Hall–Kier alpha value is -2.09. The first-order valence-electron chi connectivity index (χ1n) is 7.47. The largest absolute Gasteiger partial charge is 0.495 e. The molecule has 2 rings (SSSR count). The van der Waals surface area contributed by atoms with Crippen molar-refractivity contribution in [1.82, 2.24) is 4.72 Å². The van der Waals surface area contributed by atoms with Crippen LogP contribution in [0.1, 0.15) is 25.5 Å². The summed E-state index contributed by atoms with van der Waals surface area (Å²) in [5, 5.41) is 3.03. The molecular weight excluding hydrogens is 364 g/mol. The minimum atomic E-state index is -3.82. The van der Waals surface area contributed by atoms with E-state index in [4.69, 9.17) is 16.3 Å². The van der Waals surface area contributed by atoms with Gasteiger partial charge in [0.05, 0.1) is 17.7 Å². The second-order valence-electron chi connectivity index (χ2n) is 5.41. The molecule has 0 aromatic heterocycles. The van der Waals surface area contributed by atoms with E-state index in [-0.39, 0.29) is 16.5 Å². The number of sulfonamides is 1. The Morgan fingerprint density at radius 1 is 1.20 bits per heavy atom. The molecule has 2 aromatic carbocycles. The molecule has 0 saturated heterocycles. The summed E-state index contributed by atoms with van der Waals surface area (Å²) >= 11 is 6.12. The van der Waals surface area contributed by atoms with Gasteiger partial charge in [-0.1, -0.05) is 29.8 Å². The maximum atomic E-state index is 12.7. The van der Waals surface area contributed by atoms with Gasteiger partial charge in [-0.15, -0.1) is 0 Å². The Bertz CT molecular complexity index is 884. The van der Waals surface area contributed by atoms with E-state index in [1.54, 1.807) is 31.2 Å². The van der Waals surface area contributed by atoms with E-state index in [1.807, 2.05) is 0 Å². The highest BCUT2D eigenvalue weighted by Crippen LogP contribution is 2.29. The molecule has 0 aliphatic heterocycles. The Labute approximate surface area is 152 Å². The van der Waals surface area contributed by atoms with E-state index < -0.39 is 16.1 Å². The van der Waals surface area contributed by atoms with Gasteiger partial charge in [0.2, 0.25) is 15.9 Å². The number of hydrogen-bond donors (Lipinski definition) is 2. The van der Waals surface area contributed by atoms with Gasteiger partial charge in [-0.05, 0) is 36.8 Å². The maximum Gasteiger partial charge on any atom is 0.241 e. The standard InChI is InChI=1S/C17H19ClN2O4S/c1-11(14-6-4-5-7-15(14)18)20-25(22,23)13-8-9-17(24-3)16(10-13)19-12(2)21/h4-11,20H,1-3H3,(H,19,21)/t11-/m0/s1. The zero-order chi connectivity index (χ0) is 18.6. The fourth-order valence-corrected chi connectivity index (χ4v) is 3.88. The lowest BCUT2D eigenvalue weighted by Gasteiger charge is -2.17. The van der Waals surface area contributed by atoms with Crippen molar-refractivity contribution in [1.29, 1.82) is 0 Å². The van der Waals surface area contributed by atoms with E-state index in [0.29, 0.717) is 16.3 Å². The summed E-state index contributed by atoms with van der Waals surface area (Å²) in [6.45, 7) is 3.04. The van der Waals surface area contributed by atoms with E-state index in [2.05, 4.69) is 10.0 Å². The van der Waals surface area contributed by atoms with Crippen LogP contribution in [0.4, 0.5) is 5.69 Å². The van der Waals surface area contributed by atoms with Gasteiger partial charge in [-0.2, -0.15) is 0 Å². The van der Waals surface area contributed by atoms with Gasteiger partial charge < -0.3 is 10.1 Å². The Morgan fingerprint density at radius 2 is 1.88 bits per heavy atom. The predicted molar refractivity (Wildman–Crippen MR) is 97.5 cm³/mol. The molecule has 0 fully saturated rings. The molecule has 0 aliphatic carbocycles. The van der Waals surface area contributed by atoms with Gasteiger partial charge in [0.15, 0.2) is 0 Å². The zero-order valence-corrected chi connectivity index (χ0v) is 15.6. The van der Waals surface area contributed by atoms with Gasteiger partial charge in [0, 0.05) is 18.0 Å². The van der Waals surface area contributed by atoms with E-state index in [9.17, 15) is 13.2 Å². The van der Waals surface area contributed by atoms with Crippen molar-refractivity contribution in [3.63, 3.8) is 0 Å². The van der Waals surface area contributed by atoms with Crippen molar-refractivity contribution in [3.8, 4) is 5.75 Å². The average molecular weight is 383 g/mol. The van der Waals surface area contributed by atoms with Gasteiger partial charge in [-0.25, -0.2) is 13.1 Å². The molecule has 0 unspecified atom stereocenters. The van der Waals surface area contributed by atoms with Crippen LogP contribution >= 0.6 is 11.6 Å². The summed E-state index contributed by atoms with van der Waals surface area (Å²) in [7, 11) is -2.39. The number of carbonyl (C=O) groups is 1. The number of carbonyl (C=O) groups excluding carboxylic acids is 1. The molecule has 2 aromatic rings. The summed E-state index contributed by atoms with van der Waals surface area (Å²) in [6, 6.07) is 10.7. The number of hydrogen-bond acceptors (Lipinski definition) is 4. The maximum absolute atomic E-state index is 12.7. The van der Waals surface area contributed by atoms with Gasteiger partial charge in [0.1, 0.15) is 5.75 Å². The highest BCUT2D eigenvalue weighted by molar-refractivity contribution is 7.89. The van der Waals surface area contributed by atoms with Crippen LogP contribution in [0.2, 0.25) is 5.02 Å². The molecular formula is C17H19ClN2O4S. The van der Waals surface area contributed by atoms with Crippen molar-refractivity contribution >= 4 is 33.2 Å². The molecule has 2 N–H and O–H groups in total. The van der Waals surface area contributed by atoms with E-state index >= 15 is 0 Å². The topological polar surface area (TPSA) is 84.5 Å². The average Bonchev–Trinajstić information content (AvgIpc) is 2.54. The minimum Gasteiger partial charge on any atom is -0.495 e. The van der Waals surface area contributed by atoms with Crippen LogP contribution in [0.3, 0.4) is 0 Å². The number of methoxy groups -OCH3 is 1. The first kappa shape index (κ1) is 19.2. The molecule has 0 saturated carbocycles. The van der Waals surface area contributed by atoms with Crippen LogP contribution in [0.15, 0.2) is 47.4 Å². The molecule has 6 nitrogen and oxygen atoms in total. The number of amides is 1. The number of anilines is 1. The normalized spacial score (nSPS) is 12.5. The summed E-state index contributed by atoms with van der Waals surface area (Å²) < 4.78 is 33.0. The molecule has 25 heavy (non-hydrogen) atoms. The van der Waals surface area contributed by atoms with Gasteiger partial charge in [0.25, 0.3) is 0 Å². The zero-order valence-electron chi connectivity index (χ0n) is 14.0. The quantitative estimate of drug-likeness (QED) is 0.802. The smallest absolute Gasteiger partial charge is 0.241 e. The molecule has 1 atom stereocenters. The molecule has 0 radical (unpaired) electrons. The highest BCUT2D eigenvalue weighted by atomic mass is 35.5. The number of nitrogens with one attached hydrogen (secondary N) is 2. The minimum absolute atomic E-state index is 0.0101. The molecule has 1 amide bonds. The first-order valence-corrected chi connectivity index (χ1v) is 9.33. The number of benzene rings is 2. The van der Waals surface area contributed by atoms with Crippen LogP contribution in [-0.4, -0.2) is 21.4 Å². The molecule has 8 heteroatoms. The van der Waals surface area contributed by atoms with Crippen LogP contribution in [-0.2, 0) is 14.8 Å². The highest BCUT2D eigenvalue weighted by Gasteiger charge is 2.21. The molecule has 0 spiro atoms. The monoisotopic (exact) mass is 382 g/mol. The number of rotatable bonds is 6. The summed E-state index contributed by atoms with van der Waals surface area (Å²) in [5.74, 6) is 0.0403. The second kappa shape index (κ2) is 7.86. The lowest BCUT2D eigenvalue weighted by Crippen LogP contribution is -2.27. The predicted octanol–water partition coefficient (Wildman–Crippen LogP) is 3.35. The van der Waals surface area contributed by atoms with Crippen LogP contribution < -0.4 is 14.8 Å². The van der Waals surface area contributed by atoms with Crippen molar-refractivity contribution in [2.24, 2.45) is 0 Å². The van der Waals surface area contributed by atoms with E-state index in [1.165, 1.54) is 32.2 Å². The van der Waals surface area contributed by atoms with Crippen LogP contribution in [0.5, 0.6) is 5.75 Å². The van der Waals surface area contributed by atoms with Crippen molar-refractivity contribution in [2.75, 3.05) is 12.4 Å². The third-order valence-corrected chi connectivity index (χ3v) is 5.38. The molecule has 0 bridgehead atoms. The first-order chi connectivity index (χ1) is 11.7. The lowest BCUT2D eigenvalue weighted by molar-refractivity contribution is -0.114. The Balaban J connectivity index is 2.33. The van der Waals surface area contributed by atoms with Crippen LogP contribution in [0.25, 0.3) is 0 Å². The van der Waals surface area contributed by atoms with Crippen molar-refractivity contribution in [3.05, 3.63) is 53.1 Å². The van der Waals surface area contributed by atoms with Crippen LogP contribution in [0, 0.1) is 0 Å². The number of halogens is 1. The number of ether oxygens (including phenoxy) is 1. The third-order valence-electron chi connectivity index (χ3n) is 3.50. The molecule has 0 aliphatic rings. The van der Waals surface area contributed by atoms with Crippen molar-refractivity contribution in [2.45, 2.75) is 24.8 Å². The summed E-state index contributed by atoms with van der Waals surface area (Å²) in [5.41, 5.74) is 0.951. The second-order valence-corrected chi connectivity index (χ2v) is 7.53. The summed E-state index contributed by atoms with van der Waals surface area (Å²) in [6.07, 6.45) is 0. The molecule has 0 heterocycles. The Morgan fingerprint density at radius 3 is 2.48 bits per heavy atom. The van der Waals surface area contributed by atoms with Gasteiger partial charge in [-0.3, -0.25) is 4.79 Å². The Kier molecular flexibility index (Phi) is 6.05. The fourth-order valence-electron chi connectivity index (χ4n) is 2.33. The fraction of sp³-hybridized carbons (Fsp3) is 0.235.